The third-order valence-electron chi connectivity index (χ3n) is 3.62. The highest BCUT2D eigenvalue weighted by molar-refractivity contribution is 5.87. The number of nitrogens with one attached hydrogen (secondary N) is 1. The predicted molar refractivity (Wildman–Crippen MR) is 87.2 cm³/mol. The van der Waals surface area contributed by atoms with E-state index in [0.29, 0.717) is 29.3 Å². The van der Waals surface area contributed by atoms with Crippen LogP contribution in [-0.2, 0) is 6.42 Å². The van der Waals surface area contributed by atoms with Crippen LogP contribution in [-0.4, -0.2) is 26.0 Å². The molecule has 3 aromatic rings. The summed E-state index contributed by atoms with van der Waals surface area (Å²) < 4.78 is 0. The molecule has 0 fully saturated rings. The topological polar surface area (TPSA) is 105 Å². The van der Waals surface area contributed by atoms with E-state index in [1.807, 2.05) is 37.3 Å². The van der Waals surface area contributed by atoms with Crippen molar-refractivity contribution in [2.75, 3.05) is 5.73 Å². The molecule has 0 bridgehead atoms. The summed E-state index contributed by atoms with van der Waals surface area (Å²) in [5.74, 6) is -0.00757. The molecule has 3 rings (SSSR count). The number of nitrogens with zero attached hydrogens (tertiary/aromatic N) is 2. The SMILES string of the molecule is Cc1c(N)nc(Cc2ccccc2)nc1-c1c[nH]c(C(=O)O)c1. The van der Waals surface area contributed by atoms with Crippen molar-refractivity contribution in [3.05, 3.63) is 65.2 Å². The second-order valence-corrected chi connectivity index (χ2v) is 5.27. The molecule has 0 radical (unpaired) electrons. The van der Waals surface area contributed by atoms with Crippen LogP contribution in [0.1, 0.15) is 27.4 Å². The molecule has 23 heavy (non-hydrogen) atoms. The zero-order valence-electron chi connectivity index (χ0n) is 12.6. The fraction of sp³-hybridized carbons (Fsp3) is 0.118. The van der Waals surface area contributed by atoms with Gasteiger partial charge in [-0.3, -0.25) is 0 Å². The Hall–Kier alpha value is -3.15. The highest BCUT2D eigenvalue weighted by atomic mass is 16.4. The maximum atomic E-state index is 11.0. The van der Waals surface area contributed by atoms with Gasteiger partial charge in [0.25, 0.3) is 0 Å². The van der Waals surface area contributed by atoms with Crippen LogP contribution in [0.2, 0.25) is 0 Å². The van der Waals surface area contributed by atoms with Gasteiger partial charge in [0.2, 0.25) is 0 Å². The largest absolute Gasteiger partial charge is 0.477 e. The van der Waals surface area contributed by atoms with Gasteiger partial charge < -0.3 is 15.8 Å². The van der Waals surface area contributed by atoms with Crippen molar-refractivity contribution in [3.63, 3.8) is 0 Å². The van der Waals surface area contributed by atoms with Gasteiger partial charge in [-0.1, -0.05) is 30.3 Å². The molecule has 0 aliphatic carbocycles. The van der Waals surface area contributed by atoms with Crippen LogP contribution in [0, 0.1) is 6.92 Å². The predicted octanol–water partition coefficient (Wildman–Crippen LogP) is 2.65. The van der Waals surface area contributed by atoms with Gasteiger partial charge in [-0.2, -0.15) is 0 Å². The van der Waals surface area contributed by atoms with Gasteiger partial charge in [-0.05, 0) is 18.6 Å². The number of H-pyrrole nitrogens is 1. The molecule has 0 spiro atoms. The van der Waals surface area contributed by atoms with Gasteiger partial charge >= 0.3 is 5.97 Å². The van der Waals surface area contributed by atoms with Gasteiger partial charge in [-0.15, -0.1) is 0 Å². The maximum absolute atomic E-state index is 11.0. The van der Waals surface area contributed by atoms with Crippen LogP contribution in [0.3, 0.4) is 0 Å². The lowest BCUT2D eigenvalue weighted by Crippen LogP contribution is -2.05. The number of hydrogen-bond donors (Lipinski definition) is 3. The van der Waals surface area contributed by atoms with E-state index in [9.17, 15) is 4.79 Å². The van der Waals surface area contributed by atoms with Crippen LogP contribution in [0.5, 0.6) is 0 Å². The molecule has 0 aliphatic rings. The average molecular weight is 308 g/mol. The van der Waals surface area contributed by atoms with E-state index < -0.39 is 5.97 Å². The van der Waals surface area contributed by atoms with Gasteiger partial charge in [0, 0.05) is 23.7 Å². The van der Waals surface area contributed by atoms with Crippen molar-refractivity contribution in [3.8, 4) is 11.3 Å². The van der Waals surface area contributed by atoms with E-state index in [1.54, 1.807) is 12.3 Å². The van der Waals surface area contributed by atoms with Gasteiger partial charge in [-0.25, -0.2) is 14.8 Å². The summed E-state index contributed by atoms with van der Waals surface area (Å²) in [5, 5.41) is 9.03. The van der Waals surface area contributed by atoms with Crippen LogP contribution in [0.25, 0.3) is 11.3 Å². The van der Waals surface area contributed by atoms with Crippen molar-refractivity contribution in [1.29, 1.82) is 0 Å². The highest BCUT2D eigenvalue weighted by Gasteiger charge is 2.14. The Kier molecular flexibility index (Phi) is 3.80. The smallest absolute Gasteiger partial charge is 0.352 e. The lowest BCUT2D eigenvalue weighted by molar-refractivity contribution is 0.0691. The second kappa shape index (κ2) is 5.92. The van der Waals surface area contributed by atoms with E-state index in [1.165, 1.54) is 0 Å². The van der Waals surface area contributed by atoms with E-state index in [-0.39, 0.29) is 5.69 Å². The van der Waals surface area contributed by atoms with Gasteiger partial charge in [0.05, 0.1) is 5.69 Å². The first-order valence-electron chi connectivity index (χ1n) is 7.13. The molecule has 2 aromatic heterocycles. The number of carbonyl (C=O) groups is 1. The molecule has 6 nitrogen and oxygen atoms in total. The number of aromatic carboxylic acids is 1. The molecule has 116 valence electrons. The summed E-state index contributed by atoms with van der Waals surface area (Å²) in [6.07, 6.45) is 2.18. The fourth-order valence-corrected chi connectivity index (χ4v) is 2.38. The van der Waals surface area contributed by atoms with Crippen molar-refractivity contribution in [2.24, 2.45) is 0 Å². The van der Waals surface area contributed by atoms with E-state index in [0.717, 1.165) is 11.1 Å². The fourth-order valence-electron chi connectivity index (χ4n) is 2.38. The zero-order chi connectivity index (χ0) is 16.4. The number of rotatable bonds is 4. The van der Waals surface area contributed by atoms with E-state index in [2.05, 4.69) is 15.0 Å². The van der Waals surface area contributed by atoms with E-state index >= 15 is 0 Å². The lowest BCUT2D eigenvalue weighted by Gasteiger charge is -2.09. The molecular formula is C17H16N4O2. The Morgan fingerprint density at radius 2 is 2.00 bits per heavy atom. The van der Waals surface area contributed by atoms with Crippen LogP contribution < -0.4 is 5.73 Å². The number of carboxylic acid groups (broad SMARTS) is 1. The Morgan fingerprint density at radius 1 is 1.26 bits per heavy atom. The number of aromatic nitrogens is 3. The minimum atomic E-state index is -1.01. The van der Waals surface area contributed by atoms with Crippen molar-refractivity contribution < 1.29 is 9.90 Å². The summed E-state index contributed by atoms with van der Waals surface area (Å²) in [5.41, 5.74) is 9.26. The summed E-state index contributed by atoms with van der Waals surface area (Å²) >= 11 is 0. The highest BCUT2D eigenvalue weighted by Crippen LogP contribution is 2.25. The number of nitrogen functional groups attached to an aromatic ring is 1. The molecule has 4 N–H and O–H groups in total. The summed E-state index contributed by atoms with van der Waals surface area (Å²) in [6.45, 7) is 1.82. The minimum absolute atomic E-state index is 0.112. The molecule has 1 aromatic carbocycles. The zero-order valence-corrected chi connectivity index (χ0v) is 12.6. The first-order valence-corrected chi connectivity index (χ1v) is 7.13. The number of benzene rings is 1. The van der Waals surface area contributed by atoms with Crippen LogP contribution >= 0.6 is 0 Å². The van der Waals surface area contributed by atoms with Gasteiger partial charge in [0.15, 0.2) is 0 Å². The first kappa shape index (κ1) is 14.8. The molecule has 0 amide bonds. The van der Waals surface area contributed by atoms with Gasteiger partial charge in [0.1, 0.15) is 17.3 Å². The summed E-state index contributed by atoms with van der Waals surface area (Å²) in [6, 6.07) is 11.4. The standard InChI is InChI=1S/C17H16N4O2/c1-10-15(12-8-13(17(22)23)19-9-12)20-14(21-16(10)18)7-11-5-3-2-4-6-11/h2-6,8-9,19H,7H2,1H3,(H,22,23)(H2,18,20,21). The molecule has 6 heteroatoms. The Morgan fingerprint density at radius 3 is 2.65 bits per heavy atom. The second-order valence-electron chi connectivity index (χ2n) is 5.27. The number of carboxylic acids is 1. The third-order valence-corrected chi connectivity index (χ3v) is 3.62. The monoisotopic (exact) mass is 308 g/mol. The molecule has 0 saturated carbocycles. The number of anilines is 1. The van der Waals surface area contributed by atoms with Crippen molar-refractivity contribution in [2.45, 2.75) is 13.3 Å². The summed E-state index contributed by atoms with van der Waals surface area (Å²) in [7, 11) is 0. The Bertz CT molecular complexity index is 856. The molecular weight excluding hydrogens is 292 g/mol. The van der Waals surface area contributed by atoms with Crippen molar-refractivity contribution in [1.82, 2.24) is 15.0 Å². The van der Waals surface area contributed by atoms with E-state index in [4.69, 9.17) is 10.8 Å². The normalized spacial score (nSPS) is 10.7. The molecule has 0 atom stereocenters. The lowest BCUT2D eigenvalue weighted by atomic mass is 10.1. The number of hydrogen-bond acceptors (Lipinski definition) is 4. The molecule has 0 aliphatic heterocycles. The molecule has 2 heterocycles. The number of aromatic amines is 1. The minimum Gasteiger partial charge on any atom is -0.477 e. The Labute approximate surface area is 133 Å². The van der Waals surface area contributed by atoms with Crippen LogP contribution in [0.4, 0.5) is 5.82 Å². The molecule has 0 saturated heterocycles. The first-order chi connectivity index (χ1) is 11.0. The average Bonchev–Trinajstić information content (AvgIpc) is 3.02. The Balaban J connectivity index is 2.01. The quantitative estimate of drug-likeness (QED) is 0.687. The van der Waals surface area contributed by atoms with Crippen molar-refractivity contribution >= 4 is 11.8 Å². The number of nitrogens with two attached hydrogens (primary N) is 1. The maximum Gasteiger partial charge on any atom is 0.352 e. The molecule has 0 unspecified atom stereocenters. The summed E-state index contributed by atoms with van der Waals surface area (Å²) in [4.78, 5) is 22.6. The third kappa shape index (κ3) is 3.06. The van der Waals surface area contributed by atoms with Crippen LogP contribution in [0.15, 0.2) is 42.6 Å².